The first-order chi connectivity index (χ1) is 10.3. The first kappa shape index (κ1) is 16.0. The fourth-order valence-electron chi connectivity index (χ4n) is 2.67. The Morgan fingerprint density at radius 1 is 1.38 bits per heavy atom. The van der Waals surface area contributed by atoms with Crippen molar-refractivity contribution in [3.8, 4) is 0 Å². The van der Waals surface area contributed by atoms with E-state index in [1.165, 1.54) is 18.4 Å². The van der Waals surface area contributed by atoms with Gasteiger partial charge in [0.2, 0.25) is 0 Å². The molecule has 1 amide bonds. The lowest BCUT2D eigenvalue weighted by Crippen LogP contribution is -2.28. The summed E-state index contributed by atoms with van der Waals surface area (Å²) in [6.45, 7) is 6.23. The van der Waals surface area contributed by atoms with Crippen molar-refractivity contribution < 1.29 is 9.53 Å². The first-order valence-electron chi connectivity index (χ1n) is 7.98. The van der Waals surface area contributed by atoms with E-state index in [4.69, 9.17) is 4.74 Å². The minimum atomic E-state index is -0.000169. The summed E-state index contributed by atoms with van der Waals surface area (Å²) in [6.07, 6.45) is 3.31. The van der Waals surface area contributed by atoms with Gasteiger partial charge in [0.05, 0.1) is 0 Å². The number of piperidine rings is 1. The van der Waals surface area contributed by atoms with Crippen LogP contribution in [0.25, 0.3) is 0 Å². The third-order valence-corrected chi connectivity index (χ3v) is 3.90. The molecule has 1 heterocycles. The molecule has 1 aliphatic rings. The Balaban J connectivity index is 1.79. The molecule has 116 valence electrons. The zero-order chi connectivity index (χ0) is 14.9. The lowest BCUT2D eigenvalue weighted by atomic mass is 9.91. The van der Waals surface area contributed by atoms with Gasteiger partial charge in [0, 0.05) is 31.9 Å². The van der Waals surface area contributed by atoms with Crippen LogP contribution in [0.1, 0.15) is 48.0 Å². The lowest BCUT2D eigenvalue weighted by molar-refractivity contribution is 0.0944. The summed E-state index contributed by atoms with van der Waals surface area (Å²) >= 11 is 0. The van der Waals surface area contributed by atoms with Crippen LogP contribution in [0.5, 0.6) is 0 Å². The Bertz CT molecular complexity index is 425. The van der Waals surface area contributed by atoms with Crippen molar-refractivity contribution in [3.63, 3.8) is 0 Å². The van der Waals surface area contributed by atoms with Crippen LogP contribution in [-0.4, -0.2) is 38.8 Å². The predicted molar refractivity (Wildman–Crippen MR) is 84.7 cm³/mol. The van der Waals surface area contributed by atoms with E-state index in [0.29, 0.717) is 19.1 Å². The van der Waals surface area contributed by atoms with Gasteiger partial charge in [-0.25, -0.2) is 0 Å². The summed E-state index contributed by atoms with van der Waals surface area (Å²) in [4.78, 5) is 12.0. The van der Waals surface area contributed by atoms with Crippen LogP contribution >= 0.6 is 0 Å². The number of hydrogen-bond acceptors (Lipinski definition) is 3. The van der Waals surface area contributed by atoms with Crippen molar-refractivity contribution in [1.82, 2.24) is 10.6 Å². The zero-order valence-corrected chi connectivity index (χ0v) is 12.9. The number of carbonyl (C=O) groups excluding carboxylic acids is 1. The van der Waals surface area contributed by atoms with Gasteiger partial charge in [-0.3, -0.25) is 4.79 Å². The van der Waals surface area contributed by atoms with Gasteiger partial charge < -0.3 is 15.4 Å². The van der Waals surface area contributed by atoms with Gasteiger partial charge in [0.15, 0.2) is 0 Å². The third kappa shape index (κ3) is 5.14. The molecule has 0 aliphatic carbocycles. The van der Waals surface area contributed by atoms with Crippen LogP contribution in [0.2, 0.25) is 0 Å². The quantitative estimate of drug-likeness (QED) is 0.758. The fraction of sp³-hybridized carbons (Fsp3) is 0.588. The first-order valence-corrected chi connectivity index (χ1v) is 7.98. The number of ether oxygens (including phenoxy) is 1. The summed E-state index contributed by atoms with van der Waals surface area (Å²) in [5, 5.41) is 6.35. The van der Waals surface area contributed by atoms with E-state index in [2.05, 4.69) is 22.8 Å². The largest absolute Gasteiger partial charge is 0.382 e. The van der Waals surface area contributed by atoms with Gasteiger partial charge in [-0.1, -0.05) is 12.1 Å². The van der Waals surface area contributed by atoms with Gasteiger partial charge in [-0.15, -0.1) is 0 Å². The minimum Gasteiger partial charge on any atom is -0.382 e. The molecule has 0 radical (unpaired) electrons. The summed E-state index contributed by atoms with van der Waals surface area (Å²) < 4.78 is 5.25. The van der Waals surface area contributed by atoms with E-state index in [9.17, 15) is 4.79 Å². The molecule has 21 heavy (non-hydrogen) atoms. The summed E-state index contributed by atoms with van der Waals surface area (Å²) in [5.74, 6) is 0.585. The van der Waals surface area contributed by atoms with E-state index < -0.39 is 0 Å². The van der Waals surface area contributed by atoms with Crippen molar-refractivity contribution >= 4 is 5.91 Å². The molecule has 4 heteroatoms. The number of benzene rings is 1. The molecule has 0 saturated carbocycles. The highest BCUT2D eigenvalue weighted by atomic mass is 16.5. The Morgan fingerprint density at radius 2 is 2.19 bits per heavy atom. The van der Waals surface area contributed by atoms with E-state index >= 15 is 0 Å². The normalized spacial score (nSPS) is 18.4. The summed E-state index contributed by atoms with van der Waals surface area (Å²) in [6, 6.07) is 8.04. The van der Waals surface area contributed by atoms with Gasteiger partial charge in [-0.05, 0) is 56.3 Å². The smallest absolute Gasteiger partial charge is 0.251 e. The van der Waals surface area contributed by atoms with Crippen molar-refractivity contribution in [1.29, 1.82) is 0 Å². The second-order valence-electron chi connectivity index (χ2n) is 5.47. The molecule has 4 nitrogen and oxygen atoms in total. The molecule has 0 bridgehead atoms. The van der Waals surface area contributed by atoms with E-state index in [0.717, 1.165) is 31.7 Å². The van der Waals surface area contributed by atoms with Gasteiger partial charge in [-0.2, -0.15) is 0 Å². The molecule has 1 aliphatic heterocycles. The Kier molecular flexibility index (Phi) is 6.70. The number of hydrogen-bond donors (Lipinski definition) is 2. The van der Waals surface area contributed by atoms with Crippen LogP contribution in [0.15, 0.2) is 24.3 Å². The van der Waals surface area contributed by atoms with Gasteiger partial charge >= 0.3 is 0 Å². The molecule has 1 saturated heterocycles. The molecule has 1 aromatic rings. The van der Waals surface area contributed by atoms with E-state index in [1.54, 1.807) is 0 Å². The maximum absolute atomic E-state index is 12.0. The summed E-state index contributed by atoms with van der Waals surface area (Å²) in [7, 11) is 0. The molecule has 1 fully saturated rings. The molecule has 2 rings (SSSR count). The molecule has 0 unspecified atom stereocenters. The molecule has 2 N–H and O–H groups in total. The van der Waals surface area contributed by atoms with Crippen LogP contribution in [-0.2, 0) is 4.74 Å². The fourth-order valence-corrected chi connectivity index (χ4v) is 2.67. The number of amides is 1. The van der Waals surface area contributed by atoms with E-state index in [-0.39, 0.29) is 5.91 Å². The highest BCUT2D eigenvalue weighted by molar-refractivity contribution is 5.94. The SMILES string of the molecule is CCOCCCNC(=O)c1ccc([C@H]2CCCNC2)cc1. The van der Waals surface area contributed by atoms with Gasteiger partial charge in [0.1, 0.15) is 0 Å². The maximum atomic E-state index is 12.0. The van der Waals surface area contributed by atoms with E-state index in [1.807, 2.05) is 19.1 Å². The van der Waals surface area contributed by atoms with Crippen LogP contribution in [0.3, 0.4) is 0 Å². The number of nitrogens with one attached hydrogen (secondary N) is 2. The second-order valence-corrected chi connectivity index (χ2v) is 5.47. The van der Waals surface area contributed by atoms with Gasteiger partial charge in [0.25, 0.3) is 5.91 Å². The molecule has 0 spiro atoms. The van der Waals surface area contributed by atoms with Crippen molar-refractivity contribution in [2.24, 2.45) is 0 Å². The van der Waals surface area contributed by atoms with Crippen molar-refractivity contribution in [2.45, 2.75) is 32.1 Å². The maximum Gasteiger partial charge on any atom is 0.251 e. The highest BCUT2D eigenvalue weighted by Gasteiger charge is 2.15. The number of rotatable bonds is 7. The third-order valence-electron chi connectivity index (χ3n) is 3.90. The summed E-state index contributed by atoms with van der Waals surface area (Å²) in [5.41, 5.74) is 2.06. The molecule has 0 aromatic heterocycles. The highest BCUT2D eigenvalue weighted by Crippen LogP contribution is 2.23. The van der Waals surface area contributed by atoms with Crippen molar-refractivity contribution in [3.05, 3.63) is 35.4 Å². The second kappa shape index (κ2) is 8.80. The monoisotopic (exact) mass is 290 g/mol. The Labute approximate surface area is 127 Å². The molecule has 1 aromatic carbocycles. The molecular formula is C17H26N2O2. The van der Waals surface area contributed by atoms with Crippen LogP contribution in [0, 0.1) is 0 Å². The van der Waals surface area contributed by atoms with Crippen LogP contribution < -0.4 is 10.6 Å². The average Bonchev–Trinajstić information content (AvgIpc) is 2.55. The average molecular weight is 290 g/mol. The van der Waals surface area contributed by atoms with Crippen molar-refractivity contribution in [2.75, 3.05) is 32.8 Å². The topological polar surface area (TPSA) is 50.4 Å². The number of carbonyl (C=O) groups is 1. The standard InChI is InChI=1S/C17H26N2O2/c1-2-21-12-4-11-19-17(20)15-8-6-14(7-9-15)16-5-3-10-18-13-16/h6-9,16,18H,2-5,10-13H2,1H3,(H,19,20)/t16-/m0/s1. The Morgan fingerprint density at radius 3 is 2.86 bits per heavy atom. The predicted octanol–water partition coefficient (Wildman–Crippen LogP) is 2.31. The molecular weight excluding hydrogens is 264 g/mol. The lowest BCUT2D eigenvalue weighted by Gasteiger charge is -2.23. The minimum absolute atomic E-state index is 0.000169. The molecule has 1 atom stereocenters. The Hall–Kier alpha value is -1.39. The van der Waals surface area contributed by atoms with Crippen LogP contribution in [0.4, 0.5) is 0 Å². The zero-order valence-electron chi connectivity index (χ0n) is 12.9.